The van der Waals surface area contributed by atoms with Crippen molar-refractivity contribution >= 4 is 46.1 Å². The summed E-state index contributed by atoms with van der Waals surface area (Å²) >= 11 is 0. The van der Waals surface area contributed by atoms with Gasteiger partial charge in [-0.25, -0.2) is 14.6 Å². The summed E-state index contributed by atoms with van der Waals surface area (Å²) in [6.07, 6.45) is 4.09. The smallest absolute Gasteiger partial charge is 0.335 e. The van der Waals surface area contributed by atoms with E-state index in [1.807, 2.05) is 6.08 Å². The molecule has 0 atom stereocenters. The average molecular weight is 431 g/mol. The number of nitrogens with zero attached hydrogens (tertiary/aromatic N) is 2. The summed E-state index contributed by atoms with van der Waals surface area (Å²) in [5, 5.41) is 20.6. The van der Waals surface area contributed by atoms with E-state index >= 15 is 0 Å². The summed E-state index contributed by atoms with van der Waals surface area (Å²) in [5.74, 6) is -2.34. The Labute approximate surface area is 181 Å². The molecular formula is C23H17N3O6. The summed E-state index contributed by atoms with van der Waals surface area (Å²) in [7, 11) is 0. The van der Waals surface area contributed by atoms with Gasteiger partial charge in [-0.1, -0.05) is 12.1 Å². The number of anilines is 1. The third-order valence-corrected chi connectivity index (χ3v) is 4.99. The number of hydrogen-bond donors (Lipinski definition) is 3. The monoisotopic (exact) mass is 431 g/mol. The summed E-state index contributed by atoms with van der Waals surface area (Å²) in [6, 6.07) is 11.1. The largest absolute Gasteiger partial charge is 0.478 e. The van der Waals surface area contributed by atoms with E-state index in [2.05, 4.69) is 10.3 Å². The number of nitrogens with one attached hydrogen (secondary N) is 1. The molecule has 32 heavy (non-hydrogen) atoms. The van der Waals surface area contributed by atoms with Crippen molar-refractivity contribution in [3.8, 4) is 0 Å². The van der Waals surface area contributed by atoms with E-state index in [4.69, 9.17) is 10.2 Å². The fraction of sp³-hybridized carbons (Fsp3) is 0.0870. The van der Waals surface area contributed by atoms with E-state index in [1.54, 1.807) is 34.9 Å². The van der Waals surface area contributed by atoms with E-state index in [-0.39, 0.29) is 11.1 Å². The summed E-state index contributed by atoms with van der Waals surface area (Å²) in [6.45, 7) is 0.481. The van der Waals surface area contributed by atoms with Crippen LogP contribution in [0.2, 0.25) is 0 Å². The van der Waals surface area contributed by atoms with Gasteiger partial charge in [0.15, 0.2) is 0 Å². The first-order valence-electron chi connectivity index (χ1n) is 9.63. The van der Waals surface area contributed by atoms with Crippen LogP contribution >= 0.6 is 0 Å². The van der Waals surface area contributed by atoms with Crippen LogP contribution in [0, 0.1) is 0 Å². The highest BCUT2D eigenvalue weighted by molar-refractivity contribution is 6.03. The molecule has 0 fully saturated rings. The number of carboxylic acid groups (broad SMARTS) is 2. The van der Waals surface area contributed by atoms with Gasteiger partial charge in [-0.05, 0) is 54.0 Å². The van der Waals surface area contributed by atoms with Crippen molar-refractivity contribution in [2.75, 3.05) is 5.32 Å². The Balaban J connectivity index is 1.69. The quantitative estimate of drug-likeness (QED) is 0.528. The molecule has 160 valence electrons. The molecule has 3 N–H and O–H groups in total. The predicted octanol–water partition coefficient (Wildman–Crippen LogP) is 2.62. The van der Waals surface area contributed by atoms with Crippen LogP contribution in [-0.4, -0.2) is 37.6 Å². The Kier molecular flexibility index (Phi) is 5.38. The molecule has 4 rings (SSSR count). The molecule has 9 heteroatoms. The number of benzene rings is 2. The van der Waals surface area contributed by atoms with Crippen LogP contribution in [-0.2, 0) is 16.1 Å². The van der Waals surface area contributed by atoms with Gasteiger partial charge in [0.2, 0.25) is 5.91 Å². The van der Waals surface area contributed by atoms with Crippen molar-refractivity contribution in [3.63, 3.8) is 0 Å². The van der Waals surface area contributed by atoms with Gasteiger partial charge in [0.05, 0.1) is 16.5 Å². The first-order chi connectivity index (χ1) is 15.3. The van der Waals surface area contributed by atoms with Gasteiger partial charge in [-0.3, -0.25) is 14.2 Å². The molecule has 0 aliphatic carbocycles. The van der Waals surface area contributed by atoms with Crippen molar-refractivity contribution in [2.24, 2.45) is 0 Å². The lowest BCUT2D eigenvalue weighted by Gasteiger charge is -2.08. The SMILES string of the molecule is O=C(O)/C=C\C(=O)Nc1ccc2c(=O)n3c(nc2c1)C(=Cc1ccc(C(=O)O)cc1)CC3. The molecule has 2 heterocycles. The number of fused-ring (bicyclic) bond motifs is 2. The number of carbonyl (C=O) groups excluding carboxylic acids is 1. The Morgan fingerprint density at radius 1 is 1.03 bits per heavy atom. The molecule has 1 amide bonds. The van der Waals surface area contributed by atoms with Crippen molar-refractivity contribution in [1.82, 2.24) is 9.55 Å². The van der Waals surface area contributed by atoms with Crippen LogP contribution in [0.25, 0.3) is 22.6 Å². The number of hydrogen-bond acceptors (Lipinski definition) is 5. The first-order valence-corrected chi connectivity index (χ1v) is 9.63. The zero-order valence-corrected chi connectivity index (χ0v) is 16.6. The number of carbonyl (C=O) groups is 3. The van der Waals surface area contributed by atoms with Gasteiger partial charge in [-0.2, -0.15) is 0 Å². The Morgan fingerprint density at radius 2 is 1.78 bits per heavy atom. The third kappa shape index (κ3) is 4.17. The van der Waals surface area contributed by atoms with E-state index < -0.39 is 17.8 Å². The summed E-state index contributed by atoms with van der Waals surface area (Å²) in [4.78, 5) is 50.9. The highest BCUT2D eigenvalue weighted by Crippen LogP contribution is 2.28. The topological polar surface area (TPSA) is 139 Å². The number of allylic oxidation sites excluding steroid dienone is 1. The van der Waals surface area contributed by atoms with Crippen molar-refractivity contribution in [2.45, 2.75) is 13.0 Å². The van der Waals surface area contributed by atoms with Crippen LogP contribution in [0.5, 0.6) is 0 Å². The van der Waals surface area contributed by atoms with Crippen LogP contribution in [0.15, 0.2) is 59.4 Å². The van der Waals surface area contributed by atoms with Gasteiger partial charge < -0.3 is 15.5 Å². The highest BCUT2D eigenvalue weighted by Gasteiger charge is 2.21. The predicted molar refractivity (Wildman–Crippen MR) is 117 cm³/mol. The first kappa shape index (κ1) is 20.7. The van der Waals surface area contributed by atoms with E-state index in [9.17, 15) is 19.2 Å². The minimum atomic E-state index is -1.24. The van der Waals surface area contributed by atoms with Gasteiger partial charge in [-0.15, -0.1) is 0 Å². The van der Waals surface area contributed by atoms with Crippen molar-refractivity contribution < 1.29 is 24.6 Å². The molecule has 0 saturated carbocycles. The number of aromatic carboxylic acids is 1. The molecule has 1 aliphatic heterocycles. The molecule has 9 nitrogen and oxygen atoms in total. The van der Waals surface area contributed by atoms with Crippen LogP contribution in [0.1, 0.15) is 28.2 Å². The van der Waals surface area contributed by atoms with Gasteiger partial charge in [0.1, 0.15) is 5.82 Å². The maximum atomic E-state index is 12.9. The normalized spacial score (nSPS) is 14.1. The molecule has 0 spiro atoms. The van der Waals surface area contributed by atoms with Gasteiger partial charge in [0, 0.05) is 24.4 Å². The molecular weight excluding hydrogens is 414 g/mol. The maximum Gasteiger partial charge on any atom is 0.335 e. The Morgan fingerprint density at radius 3 is 2.47 bits per heavy atom. The zero-order chi connectivity index (χ0) is 22.8. The molecule has 1 aromatic heterocycles. The number of amides is 1. The number of carboxylic acids is 2. The lowest BCUT2D eigenvalue weighted by molar-refractivity contribution is -0.131. The van der Waals surface area contributed by atoms with Crippen LogP contribution in [0.4, 0.5) is 5.69 Å². The van der Waals surface area contributed by atoms with Gasteiger partial charge >= 0.3 is 11.9 Å². The molecule has 0 saturated heterocycles. The Bertz CT molecular complexity index is 1380. The highest BCUT2D eigenvalue weighted by atomic mass is 16.4. The van der Waals surface area contributed by atoms with E-state index in [0.29, 0.717) is 35.4 Å². The maximum absolute atomic E-state index is 12.9. The number of aliphatic carboxylic acids is 1. The lowest BCUT2D eigenvalue weighted by atomic mass is 10.1. The fourth-order valence-corrected chi connectivity index (χ4v) is 3.49. The van der Waals surface area contributed by atoms with E-state index in [0.717, 1.165) is 23.3 Å². The fourth-order valence-electron chi connectivity index (χ4n) is 3.49. The molecule has 0 radical (unpaired) electrons. The molecule has 3 aromatic rings. The average Bonchev–Trinajstić information content (AvgIpc) is 3.15. The minimum absolute atomic E-state index is 0.187. The molecule has 0 bridgehead atoms. The number of aromatic nitrogens is 2. The van der Waals surface area contributed by atoms with Crippen LogP contribution < -0.4 is 10.9 Å². The van der Waals surface area contributed by atoms with Crippen molar-refractivity contribution in [1.29, 1.82) is 0 Å². The summed E-state index contributed by atoms with van der Waals surface area (Å²) < 4.78 is 1.59. The van der Waals surface area contributed by atoms with Crippen molar-refractivity contribution in [3.05, 3.63) is 81.9 Å². The lowest BCUT2D eigenvalue weighted by Crippen LogP contribution is -2.21. The number of rotatable bonds is 5. The second kappa shape index (κ2) is 8.31. The molecule has 0 unspecified atom stereocenters. The van der Waals surface area contributed by atoms with E-state index in [1.165, 1.54) is 12.1 Å². The standard InChI is InChI=1S/C23H17N3O6/c27-19(7-8-20(28)29)24-16-5-6-17-18(12-16)25-21-15(9-10-26(21)22(17)30)11-13-1-3-14(4-2-13)23(31)32/h1-8,11-12H,9-10H2,(H,24,27)(H,28,29)(H,31,32)/b8-7-,15-11?. The zero-order valence-electron chi connectivity index (χ0n) is 16.6. The van der Waals surface area contributed by atoms with Gasteiger partial charge in [0.25, 0.3) is 5.56 Å². The minimum Gasteiger partial charge on any atom is -0.478 e. The molecule has 1 aliphatic rings. The summed E-state index contributed by atoms with van der Waals surface area (Å²) in [5.41, 5.74) is 2.40. The van der Waals surface area contributed by atoms with Crippen LogP contribution in [0.3, 0.4) is 0 Å². The Hall–Kier alpha value is -4.53. The molecule has 2 aromatic carbocycles. The second-order valence-electron chi connectivity index (χ2n) is 7.13. The third-order valence-electron chi connectivity index (χ3n) is 4.99. The second-order valence-corrected chi connectivity index (χ2v) is 7.13.